The number of aryl methyl sites for hydroxylation is 1. The lowest BCUT2D eigenvalue weighted by atomic mass is 9.92. The number of piperidine rings is 1. The fourth-order valence-corrected chi connectivity index (χ4v) is 4.41. The van der Waals surface area contributed by atoms with Gasteiger partial charge in [0.15, 0.2) is 0 Å². The van der Waals surface area contributed by atoms with E-state index < -0.39 is 0 Å². The van der Waals surface area contributed by atoms with Gasteiger partial charge in [0.1, 0.15) is 6.42 Å². The first-order chi connectivity index (χ1) is 13.0. The van der Waals surface area contributed by atoms with Crippen LogP contribution in [0.15, 0.2) is 24.4 Å². The van der Waals surface area contributed by atoms with Gasteiger partial charge in [-0.25, -0.2) is 0 Å². The molecule has 0 bridgehead atoms. The normalized spacial score (nSPS) is 20.4. The molecule has 1 spiro atoms. The number of H-pyrrole nitrogens is 1. The number of fused-ring (bicyclic) bond motifs is 1. The van der Waals surface area contributed by atoms with Crippen molar-refractivity contribution in [3.8, 4) is 6.07 Å². The Labute approximate surface area is 158 Å². The largest absolute Gasteiger partial charge is 0.361 e. The third-order valence-corrected chi connectivity index (χ3v) is 6.23. The molecule has 0 radical (unpaired) electrons. The zero-order chi connectivity index (χ0) is 19.0. The van der Waals surface area contributed by atoms with Crippen LogP contribution >= 0.6 is 0 Å². The Bertz CT molecular complexity index is 931. The monoisotopic (exact) mass is 364 g/mol. The molecule has 4 rings (SSSR count). The molecular formula is C21H24N4O2. The number of hydrogen-bond acceptors (Lipinski definition) is 3. The highest BCUT2D eigenvalue weighted by Gasteiger charge is 2.55. The van der Waals surface area contributed by atoms with Crippen LogP contribution in [0.1, 0.15) is 36.8 Å². The number of para-hydroxylation sites is 1. The summed E-state index contributed by atoms with van der Waals surface area (Å²) in [5.41, 5.74) is 3.45. The summed E-state index contributed by atoms with van der Waals surface area (Å²) in [6.45, 7) is 3.44. The van der Waals surface area contributed by atoms with E-state index in [4.69, 9.17) is 5.26 Å². The van der Waals surface area contributed by atoms with E-state index in [2.05, 4.69) is 23.3 Å². The number of rotatable bonds is 4. The zero-order valence-electron chi connectivity index (χ0n) is 15.5. The summed E-state index contributed by atoms with van der Waals surface area (Å²) in [6, 6.07) is 8.26. The summed E-state index contributed by atoms with van der Waals surface area (Å²) < 4.78 is 0. The molecule has 140 valence electrons. The van der Waals surface area contributed by atoms with Crippen LogP contribution in [0.4, 0.5) is 0 Å². The van der Waals surface area contributed by atoms with Gasteiger partial charge < -0.3 is 15.2 Å². The van der Waals surface area contributed by atoms with Gasteiger partial charge in [-0.2, -0.15) is 5.26 Å². The maximum atomic E-state index is 12.5. The molecule has 6 nitrogen and oxygen atoms in total. The van der Waals surface area contributed by atoms with E-state index in [0.717, 1.165) is 35.7 Å². The standard InChI is InChI=1S/C21H24N4O2/c1-14-3-2-4-16-15(13-23-20(14)16)11-18(26)24-17-12-21(17)6-9-25(10-7-21)19(27)5-8-22/h2-4,13,17,23H,5-7,9-12H2,1H3,(H,24,26). The van der Waals surface area contributed by atoms with Gasteiger partial charge in [0, 0.05) is 36.2 Å². The predicted octanol–water partition coefficient (Wildman–Crippen LogP) is 2.43. The molecule has 2 heterocycles. The fraction of sp³-hybridized carbons (Fsp3) is 0.476. The van der Waals surface area contributed by atoms with Gasteiger partial charge in [0.05, 0.1) is 12.5 Å². The van der Waals surface area contributed by atoms with Crippen LogP contribution in [0.3, 0.4) is 0 Å². The third-order valence-electron chi connectivity index (χ3n) is 6.23. The first kappa shape index (κ1) is 17.6. The average Bonchev–Trinajstić information content (AvgIpc) is 3.11. The molecule has 1 aliphatic heterocycles. The maximum absolute atomic E-state index is 12.5. The molecule has 2 aliphatic rings. The van der Waals surface area contributed by atoms with Crippen LogP contribution in [0.5, 0.6) is 0 Å². The van der Waals surface area contributed by atoms with Crippen molar-refractivity contribution in [2.24, 2.45) is 5.41 Å². The first-order valence-electron chi connectivity index (χ1n) is 9.52. The number of carbonyl (C=O) groups is 2. The molecule has 1 saturated heterocycles. The maximum Gasteiger partial charge on any atom is 0.236 e. The van der Waals surface area contributed by atoms with E-state index in [-0.39, 0.29) is 29.7 Å². The van der Waals surface area contributed by atoms with Gasteiger partial charge in [-0.3, -0.25) is 9.59 Å². The van der Waals surface area contributed by atoms with Crippen molar-refractivity contribution in [3.05, 3.63) is 35.5 Å². The van der Waals surface area contributed by atoms with Gasteiger partial charge in [-0.05, 0) is 42.7 Å². The minimum Gasteiger partial charge on any atom is -0.361 e. The van der Waals surface area contributed by atoms with Crippen LogP contribution in [0.2, 0.25) is 0 Å². The Kier molecular flexibility index (Phi) is 4.39. The molecule has 1 aromatic heterocycles. The number of aromatic amines is 1. The van der Waals surface area contributed by atoms with Gasteiger partial charge in [0.2, 0.25) is 11.8 Å². The first-order valence-corrected chi connectivity index (χ1v) is 9.52. The zero-order valence-corrected chi connectivity index (χ0v) is 15.5. The van der Waals surface area contributed by atoms with Crippen molar-refractivity contribution in [1.82, 2.24) is 15.2 Å². The van der Waals surface area contributed by atoms with Crippen LogP contribution in [-0.2, 0) is 16.0 Å². The second-order valence-corrected chi connectivity index (χ2v) is 7.89. The highest BCUT2D eigenvalue weighted by molar-refractivity contribution is 5.90. The summed E-state index contributed by atoms with van der Waals surface area (Å²) in [7, 11) is 0. The van der Waals surface area contributed by atoms with Crippen LogP contribution < -0.4 is 5.32 Å². The minimum atomic E-state index is -0.0804. The lowest BCUT2D eigenvalue weighted by Gasteiger charge is -2.32. The van der Waals surface area contributed by atoms with E-state index >= 15 is 0 Å². The molecule has 2 N–H and O–H groups in total. The summed E-state index contributed by atoms with van der Waals surface area (Å²) in [4.78, 5) is 29.4. The summed E-state index contributed by atoms with van der Waals surface area (Å²) in [6.07, 6.45) is 5.06. The van der Waals surface area contributed by atoms with Crippen molar-refractivity contribution >= 4 is 22.7 Å². The molecule has 6 heteroatoms. The number of carbonyl (C=O) groups excluding carboxylic acids is 2. The van der Waals surface area contributed by atoms with Crippen LogP contribution in [0, 0.1) is 23.7 Å². The van der Waals surface area contributed by atoms with Gasteiger partial charge in [-0.15, -0.1) is 0 Å². The molecule has 27 heavy (non-hydrogen) atoms. The number of nitriles is 1. The number of nitrogens with one attached hydrogen (secondary N) is 2. The second-order valence-electron chi connectivity index (χ2n) is 7.89. The lowest BCUT2D eigenvalue weighted by molar-refractivity contribution is -0.132. The number of hydrogen-bond donors (Lipinski definition) is 2. The number of amides is 2. The van der Waals surface area contributed by atoms with Crippen molar-refractivity contribution in [2.75, 3.05) is 13.1 Å². The van der Waals surface area contributed by atoms with Gasteiger partial charge in [0.25, 0.3) is 0 Å². The number of aromatic nitrogens is 1. The molecule has 2 fully saturated rings. The number of nitrogens with zero attached hydrogens (tertiary/aromatic N) is 2. The van der Waals surface area contributed by atoms with E-state index in [1.165, 1.54) is 5.56 Å². The lowest BCUT2D eigenvalue weighted by Crippen LogP contribution is -2.41. The Morgan fingerprint density at radius 1 is 1.37 bits per heavy atom. The smallest absolute Gasteiger partial charge is 0.236 e. The van der Waals surface area contributed by atoms with Crippen LogP contribution in [-0.4, -0.2) is 40.8 Å². The SMILES string of the molecule is Cc1cccc2c(CC(=O)NC3CC34CCN(C(=O)CC#N)CC4)c[nH]c12. The Morgan fingerprint density at radius 3 is 2.89 bits per heavy atom. The van der Waals surface area contributed by atoms with Gasteiger partial charge >= 0.3 is 0 Å². The van der Waals surface area contributed by atoms with E-state index in [1.54, 1.807) is 4.90 Å². The predicted molar refractivity (Wildman–Crippen MR) is 102 cm³/mol. The quantitative estimate of drug-likeness (QED) is 0.873. The van der Waals surface area contributed by atoms with Gasteiger partial charge in [-0.1, -0.05) is 18.2 Å². The average molecular weight is 364 g/mol. The molecule has 1 atom stereocenters. The summed E-state index contributed by atoms with van der Waals surface area (Å²) in [5.74, 6) is -0.0227. The topological polar surface area (TPSA) is 89.0 Å². The minimum absolute atomic E-state index is 0.0444. The van der Waals surface area contributed by atoms with E-state index in [1.807, 2.05) is 24.4 Å². The highest BCUT2D eigenvalue weighted by atomic mass is 16.2. The summed E-state index contributed by atoms with van der Waals surface area (Å²) in [5, 5.41) is 13.0. The molecule has 1 saturated carbocycles. The Balaban J connectivity index is 1.32. The summed E-state index contributed by atoms with van der Waals surface area (Å²) >= 11 is 0. The van der Waals surface area contributed by atoms with Crippen LogP contribution in [0.25, 0.3) is 10.9 Å². The Hall–Kier alpha value is -2.81. The van der Waals surface area contributed by atoms with E-state index in [9.17, 15) is 9.59 Å². The van der Waals surface area contributed by atoms with Crippen molar-refractivity contribution < 1.29 is 9.59 Å². The highest BCUT2D eigenvalue weighted by Crippen LogP contribution is 2.53. The fourth-order valence-electron chi connectivity index (χ4n) is 4.41. The number of benzene rings is 1. The molecule has 1 aliphatic carbocycles. The van der Waals surface area contributed by atoms with Crippen molar-refractivity contribution in [3.63, 3.8) is 0 Å². The molecule has 2 amide bonds. The molecule has 2 aromatic rings. The number of likely N-dealkylation sites (tertiary alicyclic amines) is 1. The van der Waals surface area contributed by atoms with Crippen molar-refractivity contribution in [2.45, 2.75) is 45.1 Å². The van der Waals surface area contributed by atoms with Crippen molar-refractivity contribution in [1.29, 1.82) is 5.26 Å². The molecule has 1 unspecified atom stereocenters. The third kappa shape index (κ3) is 3.30. The second kappa shape index (κ2) is 6.73. The van der Waals surface area contributed by atoms with E-state index in [0.29, 0.717) is 19.5 Å². The Morgan fingerprint density at radius 2 is 2.15 bits per heavy atom. The molecule has 1 aromatic carbocycles. The molecular weight excluding hydrogens is 340 g/mol.